The number of likely N-dealkylation sites (tertiary alicyclic amines) is 1. The molecule has 1 saturated carbocycles. The minimum absolute atomic E-state index is 0.0653. The lowest BCUT2D eigenvalue weighted by Gasteiger charge is -2.35. The molecule has 2 fully saturated rings. The molecule has 8 heteroatoms. The molecular formula is C22H24N4O3S. The molecule has 5 rings (SSSR count). The van der Waals surface area contributed by atoms with E-state index in [0.717, 1.165) is 15.0 Å². The Kier molecular flexibility index (Phi) is 4.83. The number of thiophene rings is 1. The van der Waals surface area contributed by atoms with Crippen LogP contribution in [0.3, 0.4) is 0 Å². The highest BCUT2D eigenvalue weighted by Crippen LogP contribution is 2.38. The second-order valence-corrected chi connectivity index (χ2v) is 9.47. The Labute approximate surface area is 178 Å². The summed E-state index contributed by atoms with van der Waals surface area (Å²) in [7, 11) is 1.77. The van der Waals surface area contributed by atoms with Crippen LogP contribution in [0.5, 0.6) is 0 Å². The van der Waals surface area contributed by atoms with Crippen LogP contribution in [0.2, 0.25) is 0 Å². The fraction of sp³-hybridized carbons (Fsp3) is 0.409. The van der Waals surface area contributed by atoms with Gasteiger partial charge in [-0.15, -0.1) is 11.3 Å². The van der Waals surface area contributed by atoms with Crippen LogP contribution in [0.15, 0.2) is 42.9 Å². The van der Waals surface area contributed by atoms with Crippen molar-refractivity contribution in [2.24, 2.45) is 18.9 Å². The molecule has 2 aliphatic rings. The average Bonchev–Trinajstić information content (AvgIpc) is 3.45. The van der Waals surface area contributed by atoms with Gasteiger partial charge in [0, 0.05) is 24.8 Å². The number of nitrogens with one attached hydrogen (secondary N) is 1. The lowest BCUT2D eigenvalue weighted by atomic mass is 9.77. The number of carbonyl (C=O) groups excluding carboxylic acids is 2. The molecule has 0 radical (unpaired) electrons. The summed E-state index contributed by atoms with van der Waals surface area (Å²) < 4.78 is 2.78. The molecule has 7 nitrogen and oxygen atoms in total. The Morgan fingerprint density at radius 3 is 2.70 bits per heavy atom. The maximum atomic E-state index is 13.1. The number of carbonyl (C=O) groups is 2. The Hall–Kier alpha value is -2.71. The summed E-state index contributed by atoms with van der Waals surface area (Å²) >= 11 is 1.53. The zero-order valence-corrected chi connectivity index (χ0v) is 17.5. The second-order valence-electron chi connectivity index (χ2n) is 8.39. The number of hydrogen-bond donors (Lipinski definition) is 2. The quantitative estimate of drug-likeness (QED) is 0.675. The summed E-state index contributed by atoms with van der Waals surface area (Å²) in [6.45, 7) is 1.33. The lowest BCUT2D eigenvalue weighted by molar-refractivity contribution is 0.0458. The molecule has 2 N–H and O–H groups in total. The molecule has 2 amide bonds. The van der Waals surface area contributed by atoms with E-state index in [1.165, 1.54) is 17.5 Å². The Morgan fingerprint density at radius 1 is 1.20 bits per heavy atom. The van der Waals surface area contributed by atoms with Crippen molar-refractivity contribution >= 4 is 33.2 Å². The molecule has 1 aliphatic heterocycles. The van der Waals surface area contributed by atoms with Gasteiger partial charge in [-0.25, -0.2) is 4.98 Å². The molecule has 1 aliphatic carbocycles. The van der Waals surface area contributed by atoms with Crippen LogP contribution in [0, 0.1) is 11.8 Å². The predicted octanol–water partition coefficient (Wildman–Crippen LogP) is 2.28. The maximum absolute atomic E-state index is 13.1. The first kappa shape index (κ1) is 19.3. The number of aryl methyl sites for hydroxylation is 1. The van der Waals surface area contributed by atoms with E-state index >= 15 is 0 Å². The van der Waals surface area contributed by atoms with Gasteiger partial charge < -0.3 is 19.9 Å². The van der Waals surface area contributed by atoms with E-state index in [2.05, 4.69) is 10.3 Å². The van der Waals surface area contributed by atoms with Gasteiger partial charge in [0.05, 0.1) is 29.5 Å². The summed E-state index contributed by atoms with van der Waals surface area (Å²) in [5.74, 6) is 0.385. The number of aromatic nitrogens is 2. The fourth-order valence-corrected chi connectivity index (χ4v) is 5.84. The molecule has 1 saturated heterocycles. The van der Waals surface area contributed by atoms with Crippen molar-refractivity contribution in [3.05, 3.63) is 53.4 Å². The standard InChI is InChI=1S/C22H24N4O3S/c1-25-12-23-9-17(25)21(28)24-16-6-14-10-26(11-15(14)7-18(16)27)22(29)20-8-13-4-2-3-5-19(13)30-20/h2-5,8-9,12,14-16,18,27H,6-7,10-11H2,1H3,(H,24,28)/t14-,15+,16-,18-/m0/s1. The van der Waals surface area contributed by atoms with Crippen molar-refractivity contribution < 1.29 is 14.7 Å². The van der Waals surface area contributed by atoms with Gasteiger partial charge in [0.2, 0.25) is 0 Å². The molecule has 3 aromatic rings. The molecule has 0 unspecified atom stereocenters. The molecule has 3 heterocycles. The normalized spacial score (nSPS) is 26.0. The van der Waals surface area contributed by atoms with Gasteiger partial charge in [-0.3, -0.25) is 9.59 Å². The third kappa shape index (κ3) is 3.40. The van der Waals surface area contributed by atoms with Gasteiger partial charge in [-0.1, -0.05) is 18.2 Å². The summed E-state index contributed by atoms with van der Waals surface area (Å²) in [6.07, 6.45) is 3.76. The highest BCUT2D eigenvalue weighted by Gasteiger charge is 2.43. The summed E-state index contributed by atoms with van der Waals surface area (Å²) in [5, 5.41) is 14.7. The van der Waals surface area contributed by atoms with E-state index in [-0.39, 0.29) is 29.7 Å². The van der Waals surface area contributed by atoms with Crippen LogP contribution in [-0.2, 0) is 7.05 Å². The summed E-state index contributed by atoms with van der Waals surface area (Å²) in [6, 6.07) is 9.68. The van der Waals surface area contributed by atoms with E-state index in [1.807, 2.05) is 35.2 Å². The van der Waals surface area contributed by atoms with Crippen molar-refractivity contribution in [2.45, 2.75) is 25.0 Å². The van der Waals surface area contributed by atoms with Crippen molar-refractivity contribution in [3.63, 3.8) is 0 Å². The van der Waals surface area contributed by atoms with Crippen LogP contribution < -0.4 is 5.32 Å². The first-order chi connectivity index (χ1) is 14.5. The van der Waals surface area contributed by atoms with Crippen LogP contribution in [0.1, 0.15) is 33.0 Å². The van der Waals surface area contributed by atoms with Crippen molar-refractivity contribution in [1.82, 2.24) is 19.8 Å². The second kappa shape index (κ2) is 7.52. The van der Waals surface area contributed by atoms with E-state index in [1.54, 1.807) is 17.9 Å². The van der Waals surface area contributed by atoms with Crippen molar-refractivity contribution in [2.75, 3.05) is 13.1 Å². The Bertz CT molecular complexity index is 1070. The minimum Gasteiger partial charge on any atom is -0.391 e. The number of benzene rings is 1. The zero-order chi connectivity index (χ0) is 20.8. The van der Waals surface area contributed by atoms with E-state index < -0.39 is 6.10 Å². The molecule has 4 atom stereocenters. The molecule has 0 bridgehead atoms. The highest BCUT2D eigenvalue weighted by atomic mass is 32.1. The molecule has 156 valence electrons. The topological polar surface area (TPSA) is 87.5 Å². The summed E-state index contributed by atoms with van der Waals surface area (Å²) in [5.41, 5.74) is 0.470. The first-order valence-corrected chi connectivity index (χ1v) is 11.0. The van der Waals surface area contributed by atoms with Gasteiger partial charge in [-0.2, -0.15) is 0 Å². The molecule has 1 aromatic carbocycles. The zero-order valence-electron chi connectivity index (χ0n) is 16.7. The number of imidazole rings is 1. The molecule has 30 heavy (non-hydrogen) atoms. The smallest absolute Gasteiger partial charge is 0.269 e. The number of aliphatic hydroxyl groups is 1. The SMILES string of the molecule is Cn1cncc1C(=O)N[C@H]1C[C@H]2CN(C(=O)c3cc4ccccc4s3)C[C@H]2C[C@@H]1O. The first-order valence-electron chi connectivity index (χ1n) is 10.2. The maximum Gasteiger partial charge on any atom is 0.269 e. The minimum atomic E-state index is -0.609. The van der Waals surface area contributed by atoms with Crippen molar-refractivity contribution in [1.29, 1.82) is 0 Å². The van der Waals surface area contributed by atoms with Gasteiger partial charge in [0.15, 0.2) is 0 Å². The number of hydrogen-bond acceptors (Lipinski definition) is 5. The largest absolute Gasteiger partial charge is 0.391 e. The molecule has 0 spiro atoms. The van der Waals surface area contributed by atoms with Crippen LogP contribution >= 0.6 is 11.3 Å². The van der Waals surface area contributed by atoms with Gasteiger partial charge >= 0.3 is 0 Å². The number of amides is 2. The lowest BCUT2D eigenvalue weighted by Crippen LogP contribution is -2.49. The van der Waals surface area contributed by atoms with Gasteiger partial charge in [-0.05, 0) is 42.2 Å². The van der Waals surface area contributed by atoms with Crippen LogP contribution in [0.25, 0.3) is 10.1 Å². The van der Waals surface area contributed by atoms with Crippen LogP contribution in [-0.4, -0.2) is 56.6 Å². The van der Waals surface area contributed by atoms with Crippen LogP contribution in [0.4, 0.5) is 0 Å². The molecule has 2 aromatic heterocycles. The third-order valence-corrected chi connectivity index (χ3v) is 7.54. The Balaban J connectivity index is 1.26. The average molecular weight is 425 g/mol. The number of rotatable bonds is 3. The van der Waals surface area contributed by atoms with Gasteiger partial charge in [0.1, 0.15) is 5.69 Å². The van der Waals surface area contributed by atoms with E-state index in [9.17, 15) is 14.7 Å². The van der Waals surface area contributed by atoms with E-state index in [4.69, 9.17) is 0 Å². The summed E-state index contributed by atoms with van der Waals surface area (Å²) in [4.78, 5) is 32.3. The molecular weight excluding hydrogens is 400 g/mol. The highest BCUT2D eigenvalue weighted by molar-refractivity contribution is 7.20. The number of aliphatic hydroxyl groups excluding tert-OH is 1. The Morgan fingerprint density at radius 2 is 1.97 bits per heavy atom. The number of nitrogens with zero attached hydrogens (tertiary/aromatic N) is 3. The predicted molar refractivity (Wildman–Crippen MR) is 114 cm³/mol. The van der Waals surface area contributed by atoms with Gasteiger partial charge in [0.25, 0.3) is 11.8 Å². The number of fused-ring (bicyclic) bond motifs is 2. The fourth-order valence-electron chi connectivity index (χ4n) is 4.81. The van der Waals surface area contributed by atoms with E-state index in [0.29, 0.717) is 31.6 Å². The third-order valence-electron chi connectivity index (χ3n) is 6.43. The monoisotopic (exact) mass is 424 g/mol. The van der Waals surface area contributed by atoms with Crippen molar-refractivity contribution in [3.8, 4) is 0 Å².